The van der Waals surface area contributed by atoms with Gasteiger partial charge in [0.05, 0.1) is 4.91 Å². The summed E-state index contributed by atoms with van der Waals surface area (Å²) in [5.41, 5.74) is 7.45. The van der Waals surface area contributed by atoms with Gasteiger partial charge in [0.15, 0.2) is 0 Å². The smallest absolute Gasteiger partial charge is 0.339 e. The Morgan fingerprint density at radius 2 is 2.05 bits per heavy atom. The number of benzene rings is 1. The molecule has 0 bridgehead atoms. The number of nitrogens with two attached hydrogens (primary N) is 1. The van der Waals surface area contributed by atoms with Crippen LogP contribution in [0.3, 0.4) is 0 Å². The molecular formula is C13H21N4O2+. The summed E-state index contributed by atoms with van der Waals surface area (Å²) in [5.74, 6) is 0. The van der Waals surface area contributed by atoms with Gasteiger partial charge in [-0.15, -0.1) is 0 Å². The molecule has 1 aromatic rings. The van der Waals surface area contributed by atoms with Crippen LogP contribution in [0.1, 0.15) is 19.3 Å². The molecule has 6 nitrogen and oxygen atoms in total. The molecule has 1 saturated heterocycles. The lowest BCUT2D eigenvalue weighted by Crippen LogP contribution is -2.30. The van der Waals surface area contributed by atoms with Gasteiger partial charge < -0.3 is 16.0 Å². The number of piperidine rings is 1. The molecule has 0 atom stereocenters. The molecule has 0 amide bonds. The lowest BCUT2D eigenvalue weighted by molar-refractivity contribution is -0.729. The first-order valence-electron chi connectivity index (χ1n) is 6.71. The summed E-state index contributed by atoms with van der Waals surface area (Å²) in [6.45, 7) is 3.07. The van der Waals surface area contributed by atoms with E-state index in [0.29, 0.717) is 18.8 Å². The summed E-state index contributed by atoms with van der Waals surface area (Å²) >= 11 is 0. The van der Waals surface area contributed by atoms with E-state index in [1.807, 2.05) is 6.07 Å². The van der Waals surface area contributed by atoms with Crippen LogP contribution in [0.15, 0.2) is 18.2 Å². The zero-order valence-corrected chi connectivity index (χ0v) is 11.0. The van der Waals surface area contributed by atoms with Crippen LogP contribution in [-0.2, 0) is 0 Å². The monoisotopic (exact) mass is 265 g/mol. The lowest BCUT2D eigenvalue weighted by Gasteiger charge is -2.28. The molecule has 104 valence electrons. The second kappa shape index (κ2) is 6.38. The third-order valence-electron chi connectivity index (χ3n) is 3.35. The number of nitrogens with one attached hydrogen (secondary N) is 1. The average molecular weight is 265 g/mol. The highest BCUT2D eigenvalue weighted by Crippen LogP contribution is 2.32. The molecule has 0 spiro atoms. The van der Waals surface area contributed by atoms with Crippen LogP contribution >= 0.6 is 0 Å². The molecule has 6 heteroatoms. The zero-order chi connectivity index (χ0) is 13.7. The maximum absolute atomic E-state index is 11.2. The predicted molar refractivity (Wildman–Crippen MR) is 75.1 cm³/mol. The van der Waals surface area contributed by atoms with Crippen LogP contribution in [0.2, 0.25) is 0 Å². The molecule has 1 aliphatic heterocycles. The maximum Gasteiger partial charge on any atom is 0.339 e. The number of hydrogen-bond acceptors (Lipinski definition) is 4. The largest absolute Gasteiger partial charge is 0.384 e. The van der Waals surface area contributed by atoms with Crippen molar-refractivity contribution in [2.45, 2.75) is 19.3 Å². The van der Waals surface area contributed by atoms with Gasteiger partial charge >= 0.3 is 5.69 Å². The van der Waals surface area contributed by atoms with Crippen LogP contribution in [0.4, 0.5) is 17.1 Å². The van der Waals surface area contributed by atoms with Crippen molar-refractivity contribution in [3.05, 3.63) is 23.1 Å². The summed E-state index contributed by atoms with van der Waals surface area (Å²) in [5, 5.41) is 12.4. The van der Waals surface area contributed by atoms with Crippen molar-refractivity contribution in [1.29, 1.82) is 0 Å². The van der Waals surface area contributed by atoms with Gasteiger partial charge in [0, 0.05) is 37.9 Å². The third-order valence-corrected chi connectivity index (χ3v) is 3.35. The first-order chi connectivity index (χ1) is 9.22. The van der Waals surface area contributed by atoms with E-state index in [-0.39, 0.29) is 4.92 Å². The fraction of sp³-hybridized carbons (Fsp3) is 0.538. The van der Waals surface area contributed by atoms with Crippen molar-refractivity contribution in [1.82, 2.24) is 0 Å². The molecule has 0 saturated carbocycles. The van der Waals surface area contributed by atoms with Crippen molar-refractivity contribution < 1.29 is 10.1 Å². The van der Waals surface area contributed by atoms with Crippen molar-refractivity contribution in [2.75, 3.05) is 36.4 Å². The lowest BCUT2D eigenvalue weighted by atomic mass is 10.1. The van der Waals surface area contributed by atoms with Gasteiger partial charge in [0.25, 0.3) is 4.92 Å². The molecule has 2 rings (SSSR count). The molecule has 0 unspecified atom stereocenters. The maximum atomic E-state index is 11.2. The minimum Gasteiger partial charge on any atom is -0.384 e. The quantitative estimate of drug-likeness (QED) is 0.708. The summed E-state index contributed by atoms with van der Waals surface area (Å²) in [4.78, 5) is 13.3. The Hall–Kier alpha value is -1.82. The minimum atomic E-state index is -0.0589. The molecule has 1 heterocycles. The predicted octanol–water partition coefficient (Wildman–Crippen LogP) is 1.85. The first-order valence-corrected chi connectivity index (χ1v) is 6.71. The Morgan fingerprint density at radius 1 is 1.32 bits per heavy atom. The van der Waals surface area contributed by atoms with Gasteiger partial charge in [0.1, 0.15) is 5.69 Å². The SMILES string of the molecule is NCCNc1ccc([N+](=O)O)c(N2CCCCC2)c1. The Morgan fingerprint density at radius 3 is 2.68 bits per heavy atom. The Kier molecular flexibility index (Phi) is 4.57. The van der Waals surface area contributed by atoms with E-state index in [0.717, 1.165) is 37.3 Å². The third kappa shape index (κ3) is 3.35. The molecule has 0 radical (unpaired) electrons. The van der Waals surface area contributed by atoms with Crippen LogP contribution in [0, 0.1) is 4.91 Å². The van der Waals surface area contributed by atoms with Crippen LogP contribution in [-0.4, -0.2) is 36.3 Å². The summed E-state index contributed by atoms with van der Waals surface area (Å²) in [6, 6.07) is 5.31. The minimum absolute atomic E-state index is 0.0589. The zero-order valence-electron chi connectivity index (χ0n) is 11.0. The highest BCUT2D eigenvalue weighted by Gasteiger charge is 2.24. The average Bonchev–Trinajstić information content (AvgIpc) is 2.45. The topological polar surface area (TPSA) is 81.6 Å². The number of hydrogen-bond donors (Lipinski definition) is 3. The van der Waals surface area contributed by atoms with Crippen molar-refractivity contribution in [3.8, 4) is 0 Å². The highest BCUT2D eigenvalue weighted by molar-refractivity contribution is 5.69. The van der Waals surface area contributed by atoms with Gasteiger partial charge in [-0.1, -0.05) is 0 Å². The standard InChI is InChI=1S/C13H21N4O2/c14-6-7-15-11-4-5-12(17(18)19)13(10-11)16-8-2-1-3-9-16/h4-5,10,15H,1-3,6-9,14H2,(H,18,19)/q+1. The Labute approximate surface area is 112 Å². The van der Waals surface area contributed by atoms with E-state index >= 15 is 0 Å². The second-order valence-corrected chi connectivity index (χ2v) is 4.74. The van der Waals surface area contributed by atoms with Crippen molar-refractivity contribution >= 4 is 17.1 Å². The normalized spacial score (nSPS) is 15.3. The van der Waals surface area contributed by atoms with Crippen LogP contribution in [0.5, 0.6) is 0 Å². The van der Waals surface area contributed by atoms with Gasteiger partial charge in [0.2, 0.25) is 0 Å². The molecule has 0 aliphatic carbocycles. The van der Waals surface area contributed by atoms with Gasteiger partial charge in [-0.05, 0) is 31.4 Å². The van der Waals surface area contributed by atoms with E-state index in [4.69, 9.17) is 5.73 Å². The van der Waals surface area contributed by atoms with Crippen LogP contribution in [0.25, 0.3) is 0 Å². The van der Waals surface area contributed by atoms with Gasteiger partial charge in [-0.3, -0.25) is 0 Å². The van der Waals surface area contributed by atoms with Crippen molar-refractivity contribution in [3.63, 3.8) is 0 Å². The molecule has 19 heavy (non-hydrogen) atoms. The fourth-order valence-electron chi connectivity index (χ4n) is 2.40. The van der Waals surface area contributed by atoms with Crippen LogP contribution < -0.4 is 16.0 Å². The van der Waals surface area contributed by atoms with E-state index in [9.17, 15) is 10.1 Å². The summed E-state index contributed by atoms with van der Waals surface area (Å²) in [7, 11) is 0. The number of rotatable bonds is 5. The van der Waals surface area contributed by atoms with E-state index < -0.39 is 0 Å². The second-order valence-electron chi connectivity index (χ2n) is 4.74. The van der Waals surface area contributed by atoms with E-state index in [1.165, 1.54) is 6.42 Å². The summed E-state index contributed by atoms with van der Waals surface area (Å²) < 4.78 is 0. The molecular weight excluding hydrogens is 244 g/mol. The molecule has 1 aromatic carbocycles. The molecule has 0 aromatic heterocycles. The number of anilines is 2. The summed E-state index contributed by atoms with van der Waals surface area (Å²) in [6.07, 6.45) is 3.45. The Bertz CT molecular complexity index is 444. The van der Waals surface area contributed by atoms with Gasteiger partial charge in [-0.25, -0.2) is 5.21 Å². The molecule has 1 aliphatic rings. The first kappa shape index (κ1) is 13.6. The molecule has 1 fully saturated rings. The fourth-order valence-corrected chi connectivity index (χ4v) is 2.40. The Balaban J connectivity index is 2.27. The van der Waals surface area contributed by atoms with Crippen molar-refractivity contribution in [2.24, 2.45) is 5.73 Å². The van der Waals surface area contributed by atoms with E-state index in [1.54, 1.807) is 12.1 Å². The molecule has 4 N–H and O–H groups in total. The highest BCUT2D eigenvalue weighted by atomic mass is 16.6. The van der Waals surface area contributed by atoms with Gasteiger partial charge in [-0.2, -0.15) is 0 Å². The van der Waals surface area contributed by atoms with E-state index in [2.05, 4.69) is 10.2 Å². The number of nitrogens with zero attached hydrogens (tertiary/aromatic N) is 2.